The highest BCUT2D eigenvalue weighted by Gasteiger charge is 2.39. The van der Waals surface area contributed by atoms with Crippen LogP contribution in [-0.2, 0) is 0 Å². The summed E-state index contributed by atoms with van der Waals surface area (Å²) in [6, 6.07) is 0. The molecule has 23 heavy (non-hydrogen) atoms. The molecule has 2 unspecified atom stereocenters. The Bertz CT molecular complexity index is 377. The van der Waals surface area contributed by atoms with Crippen molar-refractivity contribution in [3.05, 3.63) is 24.4 Å². The normalized spacial score (nSPS) is 23.7. The monoisotopic (exact) mass is 317 g/mol. The van der Waals surface area contributed by atoms with Gasteiger partial charge in [0.1, 0.15) is 0 Å². The van der Waals surface area contributed by atoms with Crippen molar-refractivity contribution in [2.45, 2.75) is 78.6 Å². The zero-order valence-electron chi connectivity index (χ0n) is 15.9. The molecule has 2 rings (SSSR count). The van der Waals surface area contributed by atoms with Gasteiger partial charge in [-0.15, -0.1) is 0 Å². The van der Waals surface area contributed by atoms with E-state index in [0.717, 1.165) is 23.7 Å². The Morgan fingerprint density at radius 2 is 1.87 bits per heavy atom. The zero-order chi connectivity index (χ0) is 16.7. The first-order chi connectivity index (χ1) is 11.1. The van der Waals surface area contributed by atoms with Gasteiger partial charge in [-0.1, -0.05) is 52.3 Å². The molecule has 2 aliphatic carbocycles. The number of nitrogens with zero attached hydrogens (tertiary/aromatic N) is 1. The van der Waals surface area contributed by atoms with E-state index in [1.165, 1.54) is 76.6 Å². The largest absolute Gasteiger partial charge is 0.375 e. The maximum Gasteiger partial charge on any atom is 0.0206 e. The lowest BCUT2D eigenvalue weighted by atomic mass is 10.1. The molecule has 2 atom stereocenters. The van der Waals surface area contributed by atoms with E-state index in [4.69, 9.17) is 0 Å². The molecule has 0 amide bonds. The maximum absolute atomic E-state index is 4.40. The Hall–Kier alpha value is -0.720. The molecule has 0 aliphatic heterocycles. The van der Waals surface area contributed by atoms with Crippen LogP contribution in [0, 0.1) is 23.7 Å². The van der Waals surface area contributed by atoms with Gasteiger partial charge in [-0.25, -0.2) is 0 Å². The highest BCUT2D eigenvalue weighted by Crippen LogP contribution is 2.45. The summed E-state index contributed by atoms with van der Waals surface area (Å²) in [7, 11) is 0. The standard InChI is InChI=1S/C22H39N/c1-5-6-7-8-9-10-11-12-21-15-22(21)17-23(16-18(2)3)19(4)20-13-14-20/h9-10,18,20-22H,4-8,11-17H2,1-3H3/b10-9-. The Balaban J connectivity index is 1.61. The number of hydrogen-bond acceptors (Lipinski definition) is 1. The second kappa shape index (κ2) is 9.55. The van der Waals surface area contributed by atoms with Crippen LogP contribution in [0.25, 0.3) is 0 Å². The first-order valence-electron chi connectivity index (χ1n) is 10.2. The molecule has 0 bridgehead atoms. The van der Waals surface area contributed by atoms with Gasteiger partial charge in [-0.2, -0.15) is 0 Å². The van der Waals surface area contributed by atoms with Crippen molar-refractivity contribution in [3.63, 3.8) is 0 Å². The molecule has 0 heterocycles. The summed E-state index contributed by atoms with van der Waals surface area (Å²) in [6.45, 7) is 13.8. The van der Waals surface area contributed by atoms with E-state index in [2.05, 4.69) is 44.4 Å². The summed E-state index contributed by atoms with van der Waals surface area (Å²) in [5.41, 5.74) is 1.44. The Morgan fingerprint density at radius 3 is 2.52 bits per heavy atom. The summed E-state index contributed by atoms with van der Waals surface area (Å²) in [5.74, 6) is 3.49. The van der Waals surface area contributed by atoms with Crippen molar-refractivity contribution in [1.82, 2.24) is 4.90 Å². The van der Waals surface area contributed by atoms with Gasteiger partial charge in [-0.3, -0.25) is 0 Å². The third kappa shape index (κ3) is 7.14. The summed E-state index contributed by atoms with van der Waals surface area (Å²) < 4.78 is 0. The summed E-state index contributed by atoms with van der Waals surface area (Å²) >= 11 is 0. The van der Waals surface area contributed by atoms with E-state index in [1.807, 2.05) is 0 Å². The van der Waals surface area contributed by atoms with E-state index in [-0.39, 0.29) is 0 Å². The van der Waals surface area contributed by atoms with Crippen molar-refractivity contribution >= 4 is 0 Å². The fourth-order valence-electron chi connectivity index (χ4n) is 3.65. The molecule has 1 nitrogen and oxygen atoms in total. The predicted molar refractivity (Wildman–Crippen MR) is 102 cm³/mol. The van der Waals surface area contributed by atoms with Gasteiger partial charge in [0.05, 0.1) is 0 Å². The molecule has 0 aromatic rings. The fraction of sp³-hybridized carbons (Fsp3) is 0.818. The Labute approximate surface area is 145 Å². The van der Waals surface area contributed by atoms with E-state index in [9.17, 15) is 0 Å². The first-order valence-corrected chi connectivity index (χ1v) is 10.2. The smallest absolute Gasteiger partial charge is 0.0206 e. The molecule has 1 heteroatoms. The summed E-state index contributed by atoms with van der Waals surface area (Å²) in [4.78, 5) is 2.63. The molecule has 2 saturated carbocycles. The van der Waals surface area contributed by atoms with Gasteiger partial charge < -0.3 is 4.90 Å². The van der Waals surface area contributed by atoms with Crippen LogP contribution in [0.4, 0.5) is 0 Å². The number of allylic oxidation sites excluding steroid dienone is 3. The molecule has 0 aromatic carbocycles. The van der Waals surface area contributed by atoms with Gasteiger partial charge >= 0.3 is 0 Å². The lowest BCUT2D eigenvalue weighted by Crippen LogP contribution is -2.30. The van der Waals surface area contributed by atoms with Gasteiger partial charge in [0.2, 0.25) is 0 Å². The van der Waals surface area contributed by atoms with Crippen LogP contribution in [0.15, 0.2) is 24.4 Å². The maximum atomic E-state index is 4.40. The molecule has 2 fully saturated rings. The van der Waals surface area contributed by atoms with Crippen LogP contribution in [0.5, 0.6) is 0 Å². The fourth-order valence-corrected chi connectivity index (χ4v) is 3.65. The summed E-state index contributed by atoms with van der Waals surface area (Å²) in [6.07, 6.45) is 17.1. The summed E-state index contributed by atoms with van der Waals surface area (Å²) in [5, 5.41) is 0. The molecule has 0 aromatic heterocycles. The highest BCUT2D eigenvalue weighted by atomic mass is 15.1. The van der Waals surface area contributed by atoms with Crippen molar-refractivity contribution in [2.24, 2.45) is 23.7 Å². The molecule has 0 spiro atoms. The van der Waals surface area contributed by atoms with Crippen molar-refractivity contribution in [2.75, 3.05) is 13.1 Å². The van der Waals surface area contributed by atoms with Gasteiger partial charge in [-0.05, 0) is 68.6 Å². The second-order valence-corrected chi connectivity index (χ2v) is 8.36. The van der Waals surface area contributed by atoms with Gasteiger partial charge in [0.15, 0.2) is 0 Å². The van der Waals surface area contributed by atoms with Gasteiger partial charge in [0, 0.05) is 18.8 Å². The topological polar surface area (TPSA) is 3.24 Å². The Kier molecular flexibility index (Phi) is 7.73. The third-order valence-electron chi connectivity index (χ3n) is 5.41. The lowest BCUT2D eigenvalue weighted by molar-refractivity contribution is 0.275. The number of hydrogen-bond donors (Lipinski definition) is 0. The predicted octanol–water partition coefficient (Wildman–Crippen LogP) is 6.42. The molecular weight excluding hydrogens is 278 g/mol. The minimum Gasteiger partial charge on any atom is -0.375 e. The quantitative estimate of drug-likeness (QED) is 0.280. The van der Waals surface area contributed by atoms with E-state index in [0.29, 0.717) is 0 Å². The SMILES string of the molecule is C=C(C1CC1)N(CC(C)C)CC1CC1CC/C=C\CCCCC. The van der Waals surface area contributed by atoms with E-state index >= 15 is 0 Å². The van der Waals surface area contributed by atoms with E-state index in [1.54, 1.807) is 0 Å². The molecule has 2 aliphatic rings. The van der Waals surface area contributed by atoms with Crippen molar-refractivity contribution < 1.29 is 0 Å². The zero-order valence-corrected chi connectivity index (χ0v) is 15.9. The van der Waals surface area contributed by atoms with Crippen LogP contribution in [0.3, 0.4) is 0 Å². The lowest BCUT2D eigenvalue weighted by Gasteiger charge is -2.29. The number of rotatable bonds is 13. The van der Waals surface area contributed by atoms with Crippen LogP contribution in [-0.4, -0.2) is 18.0 Å². The molecule has 0 N–H and O–H groups in total. The Morgan fingerprint density at radius 1 is 1.13 bits per heavy atom. The van der Waals surface area contributed by atoms with Crippen molar-refractivity contribution in [3.8, 4) is 0 Å². The van der Waals surface area contributed by atoms with Crippen LogP contribution in [0.2, 0.25) is 0 Å². The second-order valence-electron chi connectivity index (χ2n) is 8.36. The molecular formula is C22H39N. The number of unbranched alkanes of at least 4 members (excludes halogenated alkanes) is 3. The first kappa shape index (κ1) is 18.6. The van der Waals surface area contributed by atoms with Crippen LogP contribution in [0.1, 0.15) is 78.6 Å². The third-order valence-corrected chi connectivity index (χ3v) is 5.41. The van der Waals surface area contributed by atoms with Crippen molar-refractivity contribution in [1.29, 1.82) is 0 Å². The van der Waals surface area contributed by atoms with Crippen LogP contribution >= 0.6 is 0 Å². The molecule has 0 saturated heterocycles. The average molecular weight is 318 g/mol. The van der Waals surface area contributed by atoms with Gasteiger partial charge in [0.25, 0.3) is 0 Å². The average Bonchev–Trinajstić information content (AvgIpc) is 3.40. The van der Waals surface area contributed by atoms with Crippen LogP contribution < -0.4 is 0 Å². The molecule has 0 radical (unpaired) electrons. The molecule has 132 valence electrons. The minimum atomic E-state index is 0.744. The minimum absolute atomic E-state index is 0.744. The van der Waals surface area contributed by atoms with E-state index < -0.39 is 0 Å². The highest BCUT2D eigenvalue weighted by molar-refractivity contribution is 5.08.